The second-order valence-corrected chi connectivity index (χ2v) is 8.51. The summed E-state index contributed by atoms with van der Waals surface area (Å²) in [6, 6.07) is 0. The highest BCUT2D eigenvalue weighted by molar-refractivity contribution is 6.45. The molecule has 24 heavy (non-hydrogen) atoms. The normalized spacial score (nSPS) is 34.0. The van der Waals surface area contributed by atoms with Crippen LogP contribution in [0, 0.1) is 17.8 Å². The van der Waals surface area contributed by atoms with Gasteiger partial charge < -0.3 is 19.3 Å². The van der Waals surface area contributed by atoms with Crippen molar-refractivity contribution in [2.75, 3.05) is 13.1 Å². The molecule has 1 saturated carbocycles. The number of Topliss-reactive ketones (excluding diaryl/α,β-unsaturated/α-hetero) is 1. The fourth-order valence-electron chi connectivity index (χ4n) is 4.25. The van der Waals surface area contributed by atoms with Crippen molar-refractivity contribution in [2.24, 2.45) is 17.8 Å². The van der Waals surface area contributed by atoms with Gasteiger partial charge in [-0.1, -0.05) is 6.42 Å². The van der Waals surface area contributed by atoms with Crippen LogP contribution in [0.25, 0.3) is 0 Å². The van der Waals surface area contributed by atoms with Crippen LogP contribution in [-0.4, -0.2) is 53.3 Å². The van der Waals surface area contributed by atoms with Gasteiger partial charge in [0, 0.05) is 24.9 Å². The number of fused-ring (bicyclic) bond motifs is 1. The van der Waals surface area contributed by atoms with Crippen LogP contribution in [0.2, 0.25) is 6.32 Å². The van der Waals surface area contributed by atoms with Crippen molar-refractivity contribution < 1.29 is 24.0 Å². The SMILES string of the molecule is CC1(C)OB(CCCC2C[C@H]3CN(C(=O)O)C[C@H]3C2=O)OC1(C)C. The third kappa shape index (κ3) is 3.08. The molecule has 1 amide bonds. The number of nitrogens with zero attached hydrogens (tertiary/aromatic N) is 1. The summed E-state index contributed by atoms with van der Waals surface area (Å²) in [5, 5.41) is 9.05. The number of carboxylic acid groups (broad SMARTS) is 1. The Morgan fingerprint density at radius 3 is 2.42 bits per heavy atom. The molecule has 6 nitrogen and oxygen atoms in total. The van der Waals surface area contributed by atoms with Gasteiger partial charge in [0.15, 0.2) is 0 Å². The van der Waals surface area contributed by atoms with Crippen LogP contribution < -0.4 is 0 Å². The number of carbonyl (C=O) groups excluding carboxylic acids is 1. The van der Waals surface area contributed by atoms with Gasteiger partial charge in [0.1, 0.15) is 5.78 Å². The monoisotopic (exact) mass is 337 g/mol. The lowest BCUT2D eigenvalue weighted by atomic mass is 9.80. The maximum Gasteiger partial charge on any atom is 0.457 e. The van der Waals surface area contributed by atoms with Gasteiger partial charge in [-0.2, -0.15) is 0 Å². The maximum absolute atomic E-state index is 12.5. The Bertz CT molecular complexity index is 519. The maximum atomic E-state index is 12.5. The van der Waals surface area contributed by atoms with E-state index in [2.05, 4.69) is 0 Å². The van der Waals surface area contributed by atoms with E-state index in [-0.39, 0.29) is 41.9 Å². The van der Waals surface area contributed by atoms with Crippen molar-refractivity contribution in [3.63, 3.8) is 0 Å². The minimum Gasteiger partial charge on any atom is -0.465 e. The number of amides is 1. The largest absolute Gasteiger partial charge is 0.465 e. The van der Waals surface area contributed by atoms with Crippen molar-refractivity contribution in [3.8, 4) is 0 Å². The zero-order valence-electron chi connectivity index (χ0n) is 15.1. The zero-order valence-corrected chi connectivity index (χ0v) is 15.1. The molecule has 1 unspecified atom stereocenters. The van der Waals surface area contributed by atoms with E-state index in [0.717, 1.165) is 25.6 Å². The van der Waals surface area contributed by atoms with E-state index in [4.69, 9.17) is 14.4 Å². The first-order valence-electron chi connectivity index (χ1n) is 8.98. The van der Waals surface area contributed by atoms with Crippen molar-refractivity contribution in [1.82, 2.24) is 4.90 Å². The molecule has 2 heterocycles. The predicted octanol–water partition coefficient (Wildman–Crippen LogP) is 2.67. The Kier molecular flexibility index (Phi) is 4.45. The van der Waals surface area contributed by atoms with Gasteiger partial charge in [-0.3, -0.25) is 4.79 Å². The molecule has 1 aliphatic carbocycles. The molecule has 0 aromatic carbocycles. The molecular weight excluding hydrogens is 309 g/mol. The Morgan fingerprint density at radius 1 is 1.25 bits per heavy atom. The molecule has 0 aromatic rings. The molecule has 0 aromatic heterocycles. The van der Waals surface area contributed by atoms with E-state index in [1.165, 1.54) is 4.90 Å². The lowest BCUT2D eigenvalue weighted by molar-refractivity contribution is -0.124. The summed E-state index contributed by atoms with van der Waals surface area (Å²) in [6.45, 7) is 9.07. The van der Waals surface area contributed by atoms with E-state index in [1.54, 1.807) is 0 Å². The van der Waals surface area contributed by atoms with E-state index < -0.39 is 6.09 Å². The summed E-state index contributed by atoms with van der Waals surface area (Å²) in [5.74, 6) is 0.481. The Labute approximate surface area is 144 Å². The average molecular weight is 337 g/mol. The van der Waals surface area contributed by atoms with Crippen molar-refractivity contribution >= 4 is 19.0 Å². The van der Waals surface area contributed by atoms with E-state index in [9.17, 15) is 9.59 Å². The summed E-state index contributed by atoms with van der Waals surface area (Å²) < 4.78 is 12.0. The number of carbonyl (C=O) groups is 2. The fraction of sp³-hybridized carbons (Fsp3) is 0.882. The molecule has 2 saturated heterocycles. The topological polar surface area (TPSA) is 76.1 Å². The molecule has 7 heteroatoms. The standard InChI is InChI=1S/C17H28BNO5/c1-16(2)17(3,4)24-18(23-16)7-5-6-11-8-12-9-19(15(21)22)10-13(12)14(11)20/h11-13H,5-10H2,1-4H3,(H,21,22)/t11?,12-,13+/m0/s1. The van der Waals surface area contributed by atoms with Crippen LogP contribution in [0.3, 0.4) is 0 Å². The number of ketones is 1. The van der Waals surface area contributed by atoms with Gasteiger partial charge in [-0.15, -0.1) is 0 Å². The molecular formula is C17H28BNO5. The van der Waals surface area contributed by atoms with E-state index in [1.807, 2.05) is 27.7 Å². The van der Waals surface area contributed by atoms with Crippen LogP contribution in [0.4, 0.5) is 4.79 Å². The number of likely N-dealkylation sites (tertiary alicyclic amines) is 1. The van der Waals surface area contributed by atoms with Gasteiger partial charge in [0.25, 0.3) is 0 Å². The van der Waals surface area contributed by atoms with Crippen molar-refractivity contribution in [1.29, 1.82) is 0 Å². The molecule has 0 radical (unpaired) electrons. The van der Waals surface area contributed by atoms with Gasteiger partial charge in [0.2, 0.25) is 0 Å². The molecule has 134 valence electrons. The van der Waals surface area contributed by atoms with Gasteiger partial charge in [-0.25, -0.2) is 4.79 Å². The highest BCUT2D eigenvalue weighted by Gasteiger charge is 2.51. The lowest BCUT2D eigenvalue weighted by Gasteiger charge is -2.32. The van der Waals surface area contributed by atoms with E-state index in [0.29, 0.717) is 13.1 Å². The predicted molar refractivity (Wildman–Crippen MR) is 89.8 cm³/mol. The van der Waals surface area contributed by atoms with Crippen LogP contribution >= 0.6 is 0 Å². The molecule has 3 atom stereocenters. The molecule has 3 rings (SSSR count). The second kappa shape index (κ2) is 6.02. The van der Waals surface area contributed by atoms with Crippen LogP contribution in [0.5, 0.6) is 0 Å². The molecule has 1 N–H and O–H groups in total. The minimum atomic E-state index is -0.908. The Hall–Kier alpha value is -1.08. The molecule has 3 aliphatic rings. The first kappa shape index (κ1) is 17.7. The zero-order chi connectivity index (χ0) is 17.7. The Balaban J connectivity index is 1.45. The van der Waals surface area contributed by atoms with Crippen molar-refractivity contribution in [3.05, 3.63) is 0 Å². The molecule has 2 aliphatic heterocycles. The van der Waals surface area contributed by atoms with Gasteiger partial charge in [0.05, 0.1) is 11.2 Å². The summed E-state index contributed by atoms with van der Waals surface area (Å²) in [4.78, 5) is 24.9. The van der Waals surface area contributed by atoms with Crippen LogP contribution in [0.15, 0.2) is 0 Å². The molecule has 0 spiro atoms. The molecule has 3 fully saturated rings. The first-order chi connectivity index (χ1) is 11.1. The highest BCUT2D eigenvalue weighted by atomic mass is 16.7. The lowest BCUT2D eigenvalue weighted by Crippen LogP contribution is -2.41. The number of hydrogen-bond donors (Lipinski definition) is 1. The van der Waals surface area contributed by atoms with Gasteiger partial charge in [-0.05, 0) is 52.8 Å². The fourth-order valence-corrected chi connectivity index (χ4v) is 4.25. The van der Waals surface area contributed by atoms with E-state index >= 15 is 0 Å². The summed E-state index contributed by atoms with van der Waals surface area (Å²) in [6.07, 6.45) is 2.47. The number of rotatable bonds is 4. The summed E-state index contributed by atoms with van der Waals surface area (Å²) in [5.41, 5.74) is -0.615. The number of hydrogen-bond acceptors (Lipinski definition) is 4. The highest BCUT2D eigenvalue weighted by Crippen LogP contribution is 2.42. The van der Waals surface area contributed by atoms with Gasteiger partial charge >= 0.3 is 13.2 Å². The summed E-state index contributed by atoms with van der Waals surface area (Å²) in [7, 11) is -0.200. The summed E-state index contributed by atoms with van der Waals surface area (Å²) >= 11 is 0. The smallest absolute Gasteiger partial charge is 0.457 e. The van der Waals surface area contributed by atoms with Crippen LogP contribution in [-0.2, 0) is 14.1 Å². The Morgan fingerprint density at radius 2 is 1.88 bits per heavy atom. The van der Waals surface area contributed by atoms with Crippen LogP contribution in [0.1, 0.15) is 47.0 Å². The second-order valence-electron chi connectivity index (χ2n) is 8.51. The first-order valence-corrected chi connectivity index (χ1v) is 8.98. The minimum absolute atomic E-state index is 0.0806. The quantitative estimate of drug-likeness (QED) is 0.798. The van der Waals surface area contributed by atoms with Crippen molar-refractivity contribution in [2.45, 2.75) is 64.5 Å². The third-order valence-electron chi connectivity index (χ3n) is 6.36. The third-order valence-corrected chi connectivity index (χ3v) is 6.36. The molecule has 0 bridgehead atoms. The average Bonchev–Trinajstić information content (AvgIpc) is 3.04.